The second-order valence-electron chi connectivity index (χ2n) is 8.10. The molecule has 0 spiro atoms. The normalized spacial score (nSPS) is 18.4. The van der Waals surface area contributed by atoms with E-state index in [1.54, 1.807) is 26.2 Å². The van der Waals surface area contributed by atoms with Crippen LogP contribution < -0.4 is 14.4 Å². The number of methoxy groups -OCH3 is 3. The Hall–Kier alpha value is -2.97. The fourth-order valence-corrected chi connectivity index (χ4v) is 5.15. The summed E-state index contributed by atoms with van der Waals surface area (Å²) in [7, 11) is 4.99. The van der Waals surface area contributed by atoms with E-state index < -0.39 is 0 Å². The van der Waals surface area contributed by atoms with Gasteiger partial charge in [0.2, 0.25) is 0 Å². The number of ether oxygens (including phenoxy) is 3. The highest BCUT2D eigenvalue weighted by atomic mass is 32.2. The summed E-state index contributed by atoms with van der Waals surface area (Å²) in [4.78, 5) is 22.8. The third-order valence-electron chi connectivity index (χ3n) is 5.86. The molecular formula is C26H31N3O4S. The van der Waals surface area contributed by atoms with E-state index in [1.807, 2.05) is 48.5 Å². The Balaban J connectivity index is 1.68. The van der Waals surface area contributed by atoms with Crippen LogP contribution in [0, 0.1) is 0 Å². The van der Waals surface area contributed by atoms with E-state index in [0.29, 0.717) is 29.0 Å². The van der Waals surface area contributed by atoms with E-state index in [4.69, 9.17) is 19.2 Å². The molecule has 0 aliphatic carbocycles. The highest BCUT2D eigenvalue weighted by molar-refractivity contribution is 8.18. The molecule has 0 atom stereocenters. The Bertz CT molecular complexity index is 1070. The highest BCUT2D eigenvalue weighted by Gasteiger charge is 2.33. The number of benzene rings is 2. The van der Waals surface area contributed by atoms with E-state index in [-0.39, 0.29) is 5.91 Å². The van der Waals surface area contributed by atoms with Crippen LogP contribution >= 0.6 is 11.8 Å². The zero-order chi connectivity index (χ0) is 23.9. The van der Waals surface area contributed by atoms with Crippen molar-refractivity contribution in [1.82, 2.24) is 4.90 Å². The molecule has 2 fully saturated rings. The van der Waals surface area contributed by atoms with Crippen molar-refractivity contribution in [3.05, 3.63) is 52.9 Å². The zero-order valence-electron chi connectivity index (χ0n) is 20.0. The van der Waals surface area contributed by atoms with Gasteiger partial charge in [0.25, 0.3) is 5.91 Å². The van der Waals surface area contributed by atoms with Gasteiger partial charge in [0.1, 0.15) is 11.5 Å². The fraction of sp³-hybridized carbons (Fsp3) is 0.385. The summed E-state index contributed by atoms with van der Waals surface area (Å²) in [5.74, 6) is 1.42. The maximum atomic E-state index is 13.4. The maximum absolute atomic E-state index is 13.4. The van der Waals surface area contributed by atoms with Crippen LogP contribution in [0.4, 0.5) is 11.4 Å². The number of anilines is 1. The smallest absolute Gasteiger partial charge is 0.266 e. The number of rotatable bonds is 9. The van der Waals surface area contributed by atoms with Crippen molar-refractivity contribution in [2.24, 2.45) is 4.99 Å². The lowest BCUT2D eigenvalue weighted by Gasteiger charge is -2.22. The minimum Gasteiger partial charge on any atom is -0.496 e. The number of hydrogen-bond acceptors (Lipinski definition) is 7. The van der Waals surface area contributed by atoms with Crippen LogP contribution in [0.1, 0.15) is 24.8 Å². The van der Waals surface area contributed by atoms with Gasteiger partial charge in [-0.2, -0.15) is 0 Å². The Morgan fingerprint density at radius 2 is 1.76 bits per heavy atom. The summed E-state index contributed by atoms with van der Waals surface area (Å²) in [6, 6.07) is 13.6. The quantitative estimate of drug-likeness (QED) is 0.373. The summed E-state index contributed by atoms with van der Waals surface area (Å²) in [5, 5.41) is 0.665. The van der Waals surface area contributed by atoms with Crippen LogP contribution in [0.25, 0.3) is 6.08 Å². The van der Waals surface area contributed by atoms with Crippen molar-refractivity contribution in [2.45, 2.75) is 19.3 Å². The van der Waals surface area contributed by atoms with Crippen molar-refractivity contribution in [1.29, 1.82) is 0 Å². The topological polar surface area (TPSA) is 63.6 Å². The largest absolute Gasteiger partial charge is 0.496 e. The fourth-order valence-electron chi connectivity index (χ4n) is 4.13. The molecule has 7 nitrogen and oxygen atoms in total. The molecule has 34 heavy (non-hydrogen) atoms. The predicted molar refractivity (Wildman–Crippen MR) is 138 cm³/mol. The van der Waals surface area contributed by atoms with E-state index in [0.717, 1.165) is 42.2 Å². The molecule has 0 radical (unpaired) electrons. The number of aliphatic imine (C=N–C) groups is 1. The van der Waals surface area contributed by atoms with Gasteiger partial charge in [-0.15, -0.1) is 0 Å². The van der Waals surface area contributed by atoms with Crippen molar-refractivity contribution in [2.75, 3.05) is 52.5 Å². The Kier molecular flexibility index (Phi) is 8.13. The highest BCUT2D eigenvalue weighted by Crippen LogP contribution is 2.40. The first-order chi connectivity index (χ1) is 16.6. The summed E-state index contributed by atoms with van der Waals surface area (Å²) < 4.78 is 16.6. The molecule has 2 aliphatic rings. The number of thioether (sulfide) groups is 1. The van der Waals surface area contributed by atoms with Crippen LogP contribution in [-0.2, 0) is 9.53 Å². The first-order valence-corrected chi connectivity index (χ1v) is 12.3. The second kappa shape index (κ2) is 11.4. The first-order valence-electron chi connectivity index (χ1n) is 11.5. The van der Waals surface area contributed by atoms with Gasteiger partial charge in [-0.25, -0.2) is 4.99 Å². The third-order valence-corrected chi connectivity index (χ3v) is 6.87. The second-order valence-corrected chi connectivity index (χ2v) is 9.11. The molecule has 8 heteroatoms. The Morgan fingerprint density at radius 1 is 1.03 bits per heavy atom. The molecule has 2 aromatic carbocycles. The number of amides is 1. The number of hydrogen-bond donors (Lipinski definition) is 0. The number of amidine groups is 1. The van der Waals surface area contributed by atoms with E-state index in [9.17, 15) is 4.79 Å². The molecule has 4 rings (SSSR count). The summed E-state index contributed by atoms with van der Waals surface area (Å²) in [6.07, 6.45) is 4.94. The number of carbonyl (C=O) groups excluding carboxylic acids is 1. The number of nitrogens with zero attached hydrogens (tertiary/aromatic N) is 3. The average Bonchev–Trinajstić information content (AvgIpc) is 3.49. The van der Waals surface area contributed by atoms with Crippen LogP contribution in [0.2, 0.25) is 0 Å². The lowest BCUT2D eigenvalue weighted by atomic mass is 10.1. The Morgan fingerprint density at radius 3 is 2.44 bits per heavy atom. The Labute approximate surface area is 205 Å². The molecule has 1 amide bonds. The zero-order valence-corrected chi connectivity index (χ0v) is 20.8. The van der Waals surface area contributed by atoms with Crippen molar-refractivity contribution >= 4 is 40.3 Å². The molecular weight excluding hydrogens is 450 g/mol. The minimum atomic E-state index is -0.0691. The van der Waals surface area contributed by atoms with Gasteiger partial charge in [-0.1, -0.05) is 18.2 Å². The lowest BCUT2D eigenvalue weighted by molar-refractivity contribution is -0.122. The van der Waals surface area contributed by atoms with Gasteiger partial charge in [-0.3, -0.25) is 9.69 Å². The lowest BCUT2D eigenvalue weighted by Crippen LogP contribution is -2.30. The van der Waals surface area contributed by atoms with Crippen molar-refractivity contribution in [3.8, 4) is 11.5 Å². The molecule has 2 aliphatic heterocycles. The maximum Gasteiger partial charge on any atom is 0.266 e. The van der Waals surface area contributed by atoms with Crippen molar-refractivity contribution < 1.29 is 19.0 Å². The standard InChI is InChI=1S/C26H31N3O4S/c1-31-15-9-14-29-25(30)24(34-26(29)27-20-10-5-4-6-11-20)17-19-16-23(33-3)21(18-22(19)32-2)28-12-7-8-13-28/h4-6,10-11,16-18H,7-9,12-15H2,1-3H3/b24-17-,27-26?. The van der Waals surface area contributed by atoms with Crippen LogP contribution in [0.3, 0.4) is 0 Å². The molecule has 0 unspecified atom stereocenters. The first kappa shape index (κ1) is 24.2. The minimum absolute atomic E-state index is 0.0691. The van der Waals surface area contributed by atoms with Crippen LogP contribution in [-0.4, -0.2) is 63.5 Å². The molecule has 0 N–H and O–H groups in total. The molecule has 0 bridgehead atoms. The van der Waals surface area contributed by atoms with Crippen LogP contribution in [0.15, 0.2) is 52.4 Å². The molecule has 2 aromatic rings. The summed E-state index contributed by atoms with van der Waals surface area (Å²) in [5.41, 5.74) is 2.64. The van der Waals surface area contributed by atoms with Crippen LogP contribution in [0.5, 0.6) is 11.5 Å². The monoisotopic (exact) mass is 481 g/mol. The van der Waals surface area contributed by atoms with E-state index >= 15 is 0 Å². The third kappa shape index (κ3) is 5.39. The van der Waals surface area contributed by atoms with E-state index in [1.165, 1.54) is 24.6 Å². The van der Waals surface area contributed by atoms with Crippen molar-refractivity contribution in [3.63, 3.8) is 0 Å². The van der Waals surface area contributed by atoms with Gasteiger partial charge < -0.3 is 19.1 Å². The molecule has 2 saturated heterocycles. The van der Waals surface area contributed by atoms with Gasteiger partial charge in [0.05, 0.1) is 30.5 Å². The molecule has 2 heterocycles. The average molecular weight is 482 g/mol. The van der Waals surface area contributed by atoms with Gasteiger partial charge >= 0.3 is 0 Å². The van der Waals surface area contributed by atoms with Gasteiger partial charge in [-0.05, 0) is 55.3 Å². The summed E-state index contributed by atoms with van der Waals surface area (Å²) in [6.45, 7) is 3.13. The van der Waals surface area contributed by atoms with Gasteiger partial charge in [0.15, 0.2) is 5.17 Å². The molecule has 0 aromatic heterocycles. The predicted octanol–water partition coefficient (Wildman–Crippen LogP) is 4.94. The number of para-hydroxylation sites is 1. The summed E-state index contributed by atoms with van der Waals surface area (Å²) >= 11 is 1.38. The number of carbonyl (C=O) groups is 1. The SMILES string of the molecule is COCCCN1C(=O)/C(=C/c2cc(OC)c(N3CCCC3)cc2OC)SC1=Nc1ccccc1. The van der Waals surface area contributed by atoms with Gasteiger partial charge in [0, 0.05) is 45.0 Å². The molecule has 180 valence electrons. The molecule has 0 saturated carbocycles. The van der Waals surface area contributed by atoms with E-state index in [2.05, 4.69) is 4.90 Å².